The zero-order valence-electron chi connectivity index (χ0n) is 19.1. The second-order valence-corrected chi connectivity index (χ2v) is 9.61. The van der Waals surface area contributed by atoms with Crippen LogP contribution >= 0.6 is 0 Å². The Kier molecular flexibility index (Phi) is 6.65. The number of carbonyl (C=O) groups excluding carboxylic acids is 3. The maximum absolute atomic E-state index is 12.3. The highest BCUT2D eigenvalue weighted by Crippen LogP contribution is 2.47. The van der Waals surface area contributed by atoms with E-state index >= 15 is 0 Å². The standard InChI is InChI=1S/C24H34O7/c1-14-9-7-10-23(5,30-17(4)26)11-8-12-24(6)19(31-24)13-18-15(2)22(27)29-21(18)20(14)28-16(3)25/h8,11,14,18-21H,2,7,9-10,12-13H2,1,3-6H3/b11-8+/t14-,18-,19+,20+,21+,23+,24+/m0/s1. The van der Waals surface area contributed by atoms with Crippen LogP contribution in [0.5, 0.6) is 0 Å². The van der Waals surface area contributed by atoms with E-state index in [0.717, 1.165) is 6.42 Å². The van der Waals surface area contributed by atoms with Crippen molar-refractivity contribution in [2.75, 3.05) is 0 Å². The topological polar surface area (TPSA) is 91.4 Å². The van der Waals surface area contributed by atoms with Gasteiger partial charge in [-0.1, -0.05) is 19.6 Å². The van der Waals surface area contributed by atoms with Crippen molar-refractivity contribution >= 4 is 17.9 Å². The Balaban J connectivity index is 1.89. The second kappa shape index (κ2) is 8.77. The summed E-state index contributed by atoms with van der Waals surface area (Å²) in [5, 5.41) is 0. The molecule has 3 aliphatic rings. The van der Waals surface area contributed by atoms with Crippen LogP contribution in [0.2, 0.25) is 0 Å². The molecular weight excluding hydrogens is 400 g/mol. The molecule has 3 rings (SSSR count). The molecule has 0 N–H and O–H groups in total. The molecule has 0 aromatic heterocycles. The highest BCUT2D eigenvalue weighted by molar-refractivity contribution is 5.91. The summed E-state index contributed by atoms with van der Waals surface area (Å²) >= 11 is 0. The first-order valence-corrected chi connectivity index (χ1v) is 11.1. The van der Waals surface area contributed by atoms with Crippen LogP contribution in [0.4, 0.5) is 0 Å². The van der Waals surface area contributed by atoms with Gasteiger partial charge in [0.2, 0.25) is 0 Å². The molecule has 2 saturated heterocycles. The quantitative estimate of drug-likeness (QED) is 0.215. The number of carbonyl (C=O) groups is 3. The van der Waals surface area contributed by atoms with Crippen molar-refractivity contribution in [2.45, 2.75) is 96.2 Å². The highest BCUT2D eigenvalue weighted by Gasteiger charge is 2.56. The summed E-state index contributed by atoms with van der Waals surface area (Å²) in [5.74, 6) is -1.50. The van der Waals surface area contributed by atoms with Crippen molar-refractivity contribution in [3.05, 3.63) is 24.3 Å². The average molecular weight is 435 g/mol. The zero-order valence-corrected chi connectivity index (χ0v) is 19.1. The minimum absolute atomic E-state index is 0.0601. The number of fused-ring (bicyclic) bond motifs is 2. The predicted octanol–water partition coefficient (Wildman–Crippen LogP) is 3.65. The van der Waals surface area contributed by atoms with Crippen LogP contribution < -0.4 is 0 Å². The fourth-order valence-electron chi connectivity index (χ4n) is 4.88. The lowest BCUT2D eigenvalue weighted by Gasteiger charge is -2.32. The Hall–Kier alpha value is -2.15. The number of epoxide rings is 1. The Bertz CT molecular complexity index is 787. The van der Waals surface area contributed by atoms with E-state index in [1.807, 2.05) is 32.9 Å². The first-order valence-electron chi connectivity index (χ1n) is 11.1. The normalized spacial score (nSPS) is 41.8. The molecule has 0 saturated carbocycles. The lowest BCUT2D eigenvalue weighted by atomic mass is 9.81. The summed E-state index contributed by atoms with van der Waals surface area (Å²) < 4.78 is 22.9. The fraction of sp³-hybridized carbons (Fsp3) is 0.708. The highest BCUT2D eigenvalue weighted by atomic mass is 16.6. The molecule has 0 aromatic carbocycles. The van der Waals surface area contributed by atoms with Crippen molar-refractivity contribution in [1.29, 1.82) is 0 Å². The van der Waals surface area contributed by atoms with Crippen LogP contribution in [-0.2, 0) is 33.3 Å². The van der Waals surface area contributed by atoms with E-state index < -0.39 is 29.7 Å². The van der Waals surface area contributed by atoms with E-state index in [9.17, 15) is 14.4 Å². The summed E-state index contributed by atoms with van der Waals surface area (Å²) in [4.78, 5) is 35.9. The van der Waals surface area contributed by atoms with Gasteiger partial charge >= 0.3 is 17.9 Å². The molecule has 1 aliphatic carbocycles. The summed E-state index contributed by atoms with van der Waals surface area (Å²) in [7, 11) is 0. The number of hydrogen-bond donors (Lipinski definition) is 0. The maximum atomic E-state index is 12.3. The number of rotatable bonds is 2. The average Bonchev–Trinajstić information content (AvgIpc) is 3.20. The van der Waals surface area contributed by atoms with Crippen molar-refractivity contribution in [3.8, 4) is 0 Å². The van der Waals surface area contributed by atoms with Gasteiger partial charge in [-0.25, -0.2) is 4.79 Å². The van der Waals surface area contributed by atoms with Gasteiger partial charge in [0, 0.05) is 25.3 Å². The fourth-order valence-corrected chi connectivity index (χ4v) is 4.88. The molecular formula is C24H34O7. The minimum atomic E-state index is -0.718. The number of ether oxygens (including phenoxy) is 4. The molecule has 0 unspecified atom stereocenters. The molecule has 7 nitrogen and oxygen atoms in total. The SMILES string of the molecule is C=C1C(=O)O[C@H]2[C@H](OC(C)=O)[C@@H](C)CCC[C@@](C)(OC(C)=O)/C=C/C[C@@]3(C)O[C@@H]3C[C@@H]12. The van der Waals surface area contributed by atoms with Gasteiger partial charge in [0.15, 0.2) is 0 Å². The minimum Gasteiger partial charge on any atom is -0.458 e. The second-order valence-electron chi connectivity index (χ2n) is 9.61. The maximum Gasteiger partial charge on any atom is 0.334 e. The van der Waals surface area contributed by atoms with E-state index in [0.29, 0.717) is 31.3 Å². The summed E-state index contributed by atoms with van der Waals surface area (Å²) in [6.45, 7) is 12.6. The van der Waals surface area contributed by atoms with Gasteiger partial charge in [-0.3, -0.25) is 9.59 Å². The van der Waals surface area contributed by atoms with E-state index in [1.165, 1.54) is 13.8 Å². The third kappa shape index (κ3) is 5.37. The summed E-state index contributed by atoms with van der Waals surface area (Å²) in [6.07, 6.45) is 6.07. The Morgan fingerprint density at radius 3 is 2.58 bits per heavy atom. The molecule has 0 bridgehead atoms. The van der Waals surface area contributed by atoms with Crippen molar-refractivity contribution in [1.82, 2.24) is 0 Å². The van der Waals surface area contributed by atoms with Crippen molar-refractivity contribution in [3.63, 3.8) is 0 Å². The molecule has 31 heavy (non-hydrogen) atoms. The van der Waals surface area contributed by atoms with Crippen LogP contribution in [0.1, 0.15) is 66.7 Å². The van der Waals surface area contributed by atoms with Crippen LogP contribution in [0.25, 0.3) is 0 Å². The molecule has 0 spiro atoms. The van der Waals surface area contributed by atoms with Crippen LogP contribution in [0.15, 0.2) is 24.3 Å². The summed E-state index contributed by atoms with van der Waals surface area (Å²) in [5.41, 5.74) is -0.668. The first-order chi connectivity index (χ1) is 14.4. The third-order valence-corrected chi connectivity index (χ3v) is 6.74. The first kappa shape index (κ1) is 23.5. The van der Waals surface area contributed by atoms with Crippen molar-refractivity contribution in [2.24, 2.45) is 11.8 Å². The molecule has 172 valence electrons. The van der Waals surface area contributed by atoms with Gasteiger partial charge in [0.25, 0.3) is 0 Å². The van der Waals surface area contributed by atoms with Gasteiger partial charge in [-0.2, -0.15) is 0 Å². The van der Waals surface area contributed by atoms with Gasteiger partial charge < -0.3 is 18.9 Å². The predicted molar refractivity (Wildman–Crippen MR) is 113 cm³/mol. The van der Waals surface area contributed by atoms with E-state index in [2.05, 4.69) is 6.58 Å². The molecule has 2 aliphatic heterocycles. The van der Waals surface area contributed by atoms with Gasteiger partial charge in [0.1, 0.15) is 17.8 Å². The zero-order chi connectivity index (χ0) is 23.0. The molecule has 0 amide bonds. The Labute approximate surface area is 184 Å². The lowest BCUT2D eigenvalue weighted by Crippen LogP contribution is -2.41. The Morgan fingerprint density at radius 1 is 1.23 bits per heavy atom. The van der Waals surface area contributed by atoms with Crippen LogP contribution in [-0.4, -0.2) is 47.4 Å². The molecule has 0 radical (unpaired) electrons. The number of hydrogen-bond acceptors (Lipinski definition) is 7. The van der Waals surface area contributed by atoms with Crippen molar-refractivity contribution < 1.29 is 33.3 Å². The Morgan fingerprint density at radius 2 is 1.94 bits per heavy atom. The molecule has 7 atom stereocenters. The molecule has 2 fully saturated rings. The lowest BCUT2D eigenvalue weighted by molar-refractivity contribution is -0.165. The third-order valence-electron chi connectivity index (χ3n) is 6.74. The van der Waals surface area contributed by atoms with Gasteiger partial charge in [0.05, 0.1) is 11.7 Å². The molecule has 2 heterocycles. The monoisotopic (exact) mass is 434 g/mol. The van der Waals surface area contributed by atoms with Gasteiger partial charge in [-0.15, -0.1) is 0 Å². The molecule has 0 aromatic rings. The molecule has 7 heteroatoms. The number of esters is 3. The summed E-state index contributed by atoms with van der Waals surface area (Å²) in [6, 6.07) is 0. The van der Waals surface area contributed by atoms with Gasteiger partial charge in [-0.05, 0) is 57.9 Å². The van der Waals surface area contributed by atoms with E-state index in [4.69, 9.17) is 18.9 Å². The van der Waals surface area contributed by atoms with E-state index in [1.54, 1.807) is 0 Å². The largest absolute Gasteiger partial charge is 0.458 e. The van der Waals surface area contributed by atoms with Crippen LogP contribution in [0.3, 0.4) is 0 Å². The van der Waals surface area contributed by atoms with Crippen LogP contribution in [0, 0.1) is 11.8 Å². The smallest absolute Gasteiger partial charge is 0.334 e. The van der Waals surface area contributed by atoms with E-state index in [-0.39, 0.29) is 29.5 Å².